The van der Waals surface area contributed by atoms with Crippen molar-refractivity contribution >= 4 is 17.4 Å². The molecular formula is C27H29F3N8O. The maximum Gasteiger partial charge on any atom is 0.288 e. The van der Waals surface area contributed by atoms with E-state index in [9.17, 15) is 13.6 Å². The van der Waals surface area contributed by atoms with Crippen LogP contribution in [-0.2, 0) is 24.3 Å². The van der Waals surface area contributed by atoms with E-state index in [4.69, 9.17) is 4.98 Å². The molecule has 1 aliphatic heterocycles. The number of hydrogen-bond donors (Lipinski definition) is 0. The Kier molecular flexibility index (Phi) is 6.44. The summed E-state index contributed by atoms with van der Waals surface area (Å²) in [6.07, 6.45) is 4.58. The minimum absolute atomic E-state index is 0.0417. The van der Waals surface area contributed by atoms with Gasteiger partial charge in [0.25, 0.3) is 5.92 Å². The zero-order valence-electron chi connectivity index (χ0n) is 22.6. The number of aromatic nitrogens is 6. The number of imidazole rings is 1. The molecule has 0 unspecified atom stereocenters. The molecule has 5 rings (SSSR count). The first-order chi connectivity index (χ1) is 18.3. The SMILES string of the molecule is Cc1cnn(C(C)C)c1-c1ncc2c(n1)N(Cc1ccc(-c3nc(C(C)(F)F)cn3C)c(F)c1)CC(=O)N2C. The van der Waals surface area contributed by atoms with Crippen molar-refractivity contribution in [2.75, 3.05) is 23.4 Å². The van der Waals surface area contributed by atoms with Crippen molar-refractivity contribution < 1.29 is 18.0 Å². The van der Waals surface area contributed by atoms with Crippen molar-refractivity contribution in [1.29, 1.82) is 0 Å². The van der Waals surface area contributed by atoms with Gasteiger partial charge in [0, 0.05) is 39.8 Å². The predicted molar refractivity (Wildman–Crippen MR) is 141 cm³/mol. The molecule has 9 nitrogen and oxygen atoms in total. The van der Waals surface area contributed by atoms with E-state index in [1.54, 1.807) is 37.5 Å². The van der Waals surface area contributed by atoms with Crippen LogP contribution < -0.4 is 9.80 Å². The molecule has 0 N–H and O–H groups in total. The van der Waals surface area contributed by atoms with Crippen molar-refractivity contribution in [1.82, 2.24) is 29.3 Å². The summed E-state index contributed by atoms with van der Waals surface area (Å²) in [5.74, 6) is -2.77. The lowest BCUT2D eigenvalue weighted by atomic mass is 10.1. The second-order valence-corrected chi connectivity index (χ2v) is 10.2. The minimum Gasteiger partial charge on any atom is -0.341 e. The Bertz CT molecular complexity index is 1570. The van der Waals surface area contributed by atoms with Crippen LogP contribution in [0.2, 0.25) is 0 Å². The number of likely N-dealkylation sites (N-methyl/N-ethyl adjacent to an activating group) is 1. The van der Waals surface area contributed by atoms with Crippen molar-refractivity contribution in [2.24, 2.45) is 7.05 Å². The third-order valence-corrected chi connectivity index (χ3v) is 6.76. The number of carbonyl (C=O) groups is 1. The lowest BCUT2D eigenvalue weighted by molar-refractivity contribution is -0.117. The summed E-state index contributed by atoms with van der Waals surface area (Å²) in [6.45, 7) is 6.96. The van der Waals surface area contributed by atoms with Gasteiger partial charge in [0.1, 0.15) is 28.7 Å². The average molecular weight is 539 g/mol. The quantitative estimate of drug-likeness (QED) is 0.349. The van der Waals surface area contributed by atoms with E-state index in [0.717, 1.165) is 18.2 Å². The van der Waals surface area contributed by atoms with Gasteiger partial charge in [-0.15, -0.1) is 0 Å². The number of hydrogen-bond acceptors (Lipinski definition) is 6. The molecule has 204 valence electrons. The molecule has 0 bridgehead atoms. The second kappa shape index (κ2) is 9.51. The highest BCUT2D eigenvalue weighted by atomic mass is 19.3. The molecular weight excluding hydrogens is 509 g/mol. The van der Waals surface area contributed by atoms with Crippen LogP contribution in [0.25, 0.3) is 22.9 Å². The Morgan fingerprint density at radius 3 is 2.51 bits per heavy atom. The van der Waals surface area contributed by atoms with Crippen LogP contribution in [0.3, 0.4) is 0 Å². The van der Waals surface area contributed by atoms with E-state index in [-0.39, 0.29) is 36.4 Å². The average Bonchev–Trinajstić information content (AvgIpc) is 3.45. The summed E-state index contributed by atoms with van der Waals surface area (Å²) in [6, 6.07) is 4.63. The lowest BCUT2D eigenvalue weighted by Gasteiger charge is -2.34. The molecule has 1 aromatic carbocycles. The largest absolute Gasteiger partial charge is 0.341 e. The molecule has 4 heterocycles. The number of amides is 1. The van der Waals surface area contributed by atoms with Crippen LogP contribution in [0.4, 0.5) is 24.7 Å². The summed E-state index contributed by atoms with van der Waals surface area (Å²) < 4.78 is 46.0. The first-order valence-corrected chi connectivity index (χ1v) is 12.5. The van der Waals surface area contributed by atoms with Gasteiger partial charge in [-0.1, -0.05) is 6.07 Å². The number of alkyl halides is 2. The minimum atomic E-state index is -3.14. The maximum atomic E-state index is 15.3. The summed E-state index contributed by atoms with van der Waals surface area (Å²) >= 11 is 0. The second-order valence-electron chi connectivity index (χ2n) is 10.2. The first-order valence-electron chi connectivity index (χ1n) is 12.5. The Hall–Kier alpha value is -4.22. The fourth-order valence-electron chi connectivity index (χ4n) is 4.66. The fraction of sp³-hybridized carbons (Fsp3) is 0.370. The van der Waals surface area contributed by atoms with Crippen molar-refractivity contribution in [3.8, 4) is 22.9 Å². The number of carbonyl (C=O) groups excluding carboxylic acids is 1. The Morgan fingerprint density at radius 2 is 1.87 bits per heavy atom. The van der Waals surface area contributed by atoms with Gasteiger partial charge in [-0.2, -0.15) is 13.9 Å². The summed E-state index contributed by atoms with van der Waals surface area (Å²) in [5.41, 5.74) is 2.51. The molecule has 0 radical (unpaired) electrons. The van der Waals surface area contributed by atoms with Gasteiger partial charge in [0.05, 0.1) is 24.5 Å². The molecule has 12 heteroatoms. The lowest BCUT2D eigenvalue weighted by Crippen LogP contribution is -2.44. The van der Waals surface area contributed by atoms with Crippen LogP contribution in [0.1, 0.15) is 43.6 Å². The van der Waals surface area contributed by atoms with Crippen LogP contribution in [0, 0.1) is 12.7 Å². The number of halogens is 3. The zero-order chi connectivity index (χ0) is 28.2. The van der Waals surface area contributed by atoms with Crippen molar-refractivity contribution in [3.05, 3.63) is 59.4 Å². The normalized spacial score (nSPS) is 13.9. The van der Waals surface area contributed by atoms with E-state index in [1.165, 1.54) is 27.8 Å². The van der Waals surface area contributed by atoms with Crippen LogP contribution in [-0.4, -0.2) is 48.8 Å². The molecule has 0 saturated carbocycles. The van der Waals surface area contributed by atoms with E-state index in [1.807, 2.05) is 25.5 Å². The van der Waals surface area contributed by atoms with Gasteiger partial charge in [-0.3, -0.25) is 9.48 Å². The third kappa shape index (κ3) is 4.75. The first kappa shape index (κ1) is 26.4. The van der Waals surface area contributed by atoms with Gasteiger partial charge in [0.2, 0.25) is 5.91 Å². The molecule has 0 fully saturated rings. The highest BCUT2D eigenvalue weighted by molar-refractivity contribution is 6.01. The molecule has 3 aromatic heterocycles. The molecule has 0 atom stereocenters. The van der Waals surface area contributed by atoms with Crippen molar-refractivity contribution in [2.45, 2.75) is 46.2 Å². The summed E-state index contributed by atoms with van der Waals surface area (Å²) in [4.78, 5) is 29.4. The molecule has 0 aliphatic carbocycles. The predicted octanol–water partition coefficient (Wildman–Crippen LogP) is 4.86. The zero-order valence-corrected chi connectivity index (χ0v) is 22.6. The highest BCUT2D eigenvalue weighted by Crippen LogP contribution is 2.35. The number of nitrogens with zero attached hydrogens (tertiary/aromatic N) is 8. The number of benzene rings is 1. The van der Waals surface area contributed by atoms with Gasteiger partial charge in [-0.25, -0.2) is 19.3 Å². The smallest absolute Gasteiger partial charge is 0.288 e. The van der Waals surface area contributed by atoms with Crippen LogP contribution in [0.5, 0.6) is 0 Å². The fourth-order valence-corrected chi connectivity index (χ4v) is 4.66. The highest BCUT2D eigenvalue weighted by Gasteiger charge is 2.31. The number of aryl methyl sites for hydroxylation is 2. The summed E-state index contributed by atoms with van der Waals surface area (Å²) in [7, 11) is 3.21. The number of rotatable bonds is 6. The van der Waals surface area contributed by atoms with Gasteiger partial charge in [0.15, 0.2) is 11.6 Å². The monoisotopic (exact) mass is 538 g/mol. The number of anilines is 2. The maximum absolute atomic E-state index is 15.3. The van der Waals surface area contributed by atoms with Gasteiger partial charge in [-0.05, 0) is 44.0 Å². The molecule has 0 saturated heterocycles. The summed E-state index contributed by atoms with van der Waals surface area (Å²) in [5, 5.41) is 4.45. The van der Waals surface area contributed by atoms with Crippen molar-refractivity contribution in [3.63, 3.8) is 0 Å². The Morgan fingerprint density at radius 1 is 1.13 bits per heavy atom. The van der Waals surface area contributed by atoms with Gasteiger partial charge >= 0.3 is 0 Å². The Balaban J connectivity index is 1.50. The van der Waals surface area contributed by atoms with E-state index in [2.05, 4.69) is 15.1 Å². The molecule has 4 aromatic rings. The standard InChI is InChI=1S/C27H29F3N8O/c1-15(2)38-23(16(3)10-32-38)24-31-11-20-26(34-24)37(14-22(39)36(20)6)12-17-7-8-18(19(28)9-17)25-33-21(13-35(25)5)27(4,29)30/h7-11,13,15H,12,14H2,1-6H3. The van der Waals surface area contributed by atoms with E-state index in [0.29, 0.717) is 22.9 Å². The number of fused-ring (bicyclic) bond motifs is 1. The molecule has 1 amide bonds. The Labute approximate surface area is 223 Å². The molecule has 39 heavy (non-hydrogen) atoms. The molecule has 1 aliphatic rings. The third-order valence-electron chi connectivity index (χ3n) is 6.76. The van der Waals surface area contributed by atoms with E-state index < -0.39 is 17.4 Å². The van der Waals surface area contributed by atoms with Gasteiger partial charge < -0.3 is 14.4 Å². The topological polar surface area (TPSA) is 85.0 Å². The van der Waals surface area contributed by atoms with Crippen LogP contribution in [0.15, 0.2) is 36.8 Å². The van der Waals surface area contributed by atoms with E-state index >= 15 is 4.39 Å². The van der Waals surface area contributed by atoms with Crippen LogP contribution >= 0.6 is 0 Å². The molecule has 0 spiro atoms.